The maximum absolute atomic E-state index is 6.01. The van der Waals surface area contributed by atoms with Gasteiger partial charge in [-0.1, -0.05) is 44.1 Å². The van der Waals surface area contributed by atoms with E-state index in [1.54, 1.807) is 0 Å². The minimum Gasteiger partial charge on any atom is -0.374 e. The van der Waals surface area contributed by atoms with E-state index in [1.807, 2.05) is 20.8 Å². The van der Waals surface area contributed by atoms with Crippen LogP contribution in [0.2, 0.25) is 5.54 Å². The van der Waals surface area contributed by atoms with Gasteiger partial charge in [0.05, 0.1) is 0 Å². The van der Waals surface area contributed by atoms with Gasteiger partial charge in [0.15, 0.2) is 0 Å². The first-order valence-electron chi connectivity index (χ1n) is 9.88. The SMILES string of the molecule is CC=CCCCC.CCO[Si](OCC)(OCC)C1CC2C=CC1C2. The quantitative estimate of drug-likeness (QED) is 0.284. The van der Waals surface area contributed by atoms with E-state index in [4.69, 9.17) is 13.3 Å². The largest absolute Gasteiger partial charge is 0.504 e. The Hall–Kier alpha value is -0.423. The third-order valence-electron chi connectivity index (χ3n) is 4.73. The Bertz CT molecular complexity index is 364. The third kappa shape index (κ3) is 6.14. The lowest BCUT2D eigenvalue weighted by atomic mass is 10.1. The molecule has 4 heteroatoms. The summed E-state index contributed by atoms with van der Waals surface area (Å²) in [5.41, 5.74) is 0.484. The molecule has 2 aliphatic carbocycles. The van der Waals surface area contributed by atoms with Gasteiger partial charge in [0, 0.05) is 25.4 Å². The first-order chi connectivity index (χ1) is 11.7. The van der Waals surface area contributed by atoms with Gasteiger partial charge in [-0.05, 0) is 58.8 Å². The van der Waals surface area contributed by atoms with Crippen molar-refractivity contribution in [3.05, 3.63) is 24.3 Å². The van der Waals surface area contributed by atoms with Crippen LogP contribution in [0, 0.1) is 11.8 Å². The van der Waals surface area contributed by atoms with Crippen LogP contribution >= 0.6 is 0 Å². The molecule has 2 rings (SSSR count). The van der Waals surface area contributed by atoms with Gasteiger partial charge in [-0.2, -0.15) is 0 Å². The number of unbranched alkanes of at least 4 members (excludes halogenated alkanes) is 2. The van der Waals surface area contributed by atoms with Crippen LogP contribution in [-0.4, -0.2) is 28.6 Å². The van der Waals surface area contributed by atoms with Gasteiger partial charge in [0.2, 0.25) is 0 Å². The van der Waals surface area contributed by atoms with Gasteiger partial charge in [0.1, 0.15) is 0 Å². The molecule has 3 nitrogen and oxygen atoms in total. The summed E-state index contributed by atoms with van der Waals surface area (Å²) in [6.07, 6.45) is 15.4. The zero-order valence-corrected chi connectivity index (χ0v) is 17.4. The van der Waals surface area contributed by atoms with Gasteiger partial charge in [-0.25, -0.2) is 0 Å². The second-order valence-corrected chi connectivity index (χ2v) is 9.32. The van der Waals surface area contributed by atoms with Crippen LogP contribution < -0.4 is 0 Å². The Labute approximate surface area is 150 Å². The van der Waals surface area contributed by atoms with Crippen molar-refractivity contribution in [2.24, 2.45) is 11.8 Å². The predicted molar refractivity (Wildman–Crippen MR) is 104 cm³/mol. The summed E-state index contributed by atoms with van der Waals surface area (Å²) in [4.78, 5) is 0. The van der Waals surface area contributed by atoms with Crippen LogP contribution in [0.1, 0.15) is 66.7 Å². The van der Waals surface area contributed by atoms with Crippen molar-refractivity contribution in [1.29, 1.82) is 0 Å². The average Bonchev–Trinajstić information content (AvgIpc) is 3.20. The third-order valence-corrected chi connectivity index (χ3v) is 8.37. The first-order valence-corrected chi connectivity index (χ1v) is 11.7. The molecule has 0 amide bonds. The molecular weight excluding hydrogens is 316 g/mol. The maximum Gasteiger partial charge on any atom is 0.504 e. The van der Waals surface area contributed by atoms with E-state index < -0.39 is 8.80 Å². The number of rotatable bonds is 10. The van der Waals surface area contributed by atoms with E-state index in [9.17, 15) is 0 Å². The summed E-state index contributed by atoms with van der Waals surface area (Å²) in [6, 6.07) is 0. The molecule has 140 valence electrons. The van der Waals surface area contributed by atoms with Crippen molar-refractivity contribution in [2.75, 3.05) is 19.8 Å². The van der Waals surface area contributed by atoms with Crippen molar-refractivity contribution in [2.45, 2.75) is 72.3 Å². The van der Waals surface area contributed by atoms with E-state index in [-0.39, 0.29) is 0 Å². The van der Waals surface area contributed by atoms with Crippen molar-refractivity contribution in [1.82, 2.24) is 0 Å². The topological polar surface area (TPSA) is 27.7 Å². The molecule has 0 radical (unpaired) electrons. The number of allylic oxidation sites excluding steroid dienone is 4. The van der Waals surface area contributed by atoms with Crippen LogP contribution in [0.15, 0.2) is 24.3 Å². The molecule has 0 N–H and O–H groups in total. The molecule has 1 saturated carbocycles. The fraction of sp³-hybridized carbons (Fsp3) is 0.800. The highest BCUT2D eigenvalue weighted by Crippen LogP contribution is 2.52. The Morgan fingerprint density at radius 2 is 1.58 bits per heavy atom. The van der Waals surface area contributed by atoms with Gasteiger partial charge in [0.25, 0.3) is 0 Å². The summed E-state index contributed by atoms with van der Waals surface area (Å²) in [6.45, 7) is 12.4. The minimum absolute atomic E-state index is 0.484. The van der Waals surface area contributed by atoms with Gasteiger partial charge < -0.3 is 13.3 Å². The molecule has 0 heterocycles. The molecule has 0 aromatic heterocycles. The van der Waals surface area contributed by atoms with Crippen LogP contribution in [0.25, 0.3) is 0 Å². The second-order valence-electron chi connectivity index (χ2n) is 6.50. The van der Waals surface area contributed by atoms with Crippen LogP contribution in [-0.2, 0) is 13.3 Å². The van der Waals surface area contributed by atoms with Crippen LogP contribution in [0.4, 0.5) is 0 Å². The lowest BCUT2D eigenvalue weighted by Gasteiger charge is -2.36. The molecule has 0 aliphatic heterocycles. The monoisotopic (exact) mass is 354 g/mol. The molecule has 24 heavy (non-hydrogen) atoms. The predicted octanol–water partition coefficient (Wildman–Crippen LogP) is 5.75. The first kappa shape index (κ1) is 21.6. The second kappa shape index (κ2) is 12.0. The van der Waals surface area contributed by atoms with Crippen molar-refractivity contribution in [3.8, 4) is 0 Å². The van der Waals surface area contributed by atoms with Gasteiger partial charge in [-0.15, -0.1) is 0 Å². The normalized spacial score (nSPS) is 25.3. The molecule has 3 atom stereocenters. The van der Waals surface area contributed by atoms with Gasteiger partial charge in [-0.3, -0.25) is 0 Å². The van der Waals surface area contributed by atoms with E-state index in [0.717, 1.165) is 5.92 Å². The minimum atomic E-state index is -2.47. The Morgan fingerprint density at radius 3 is 1.96 bits per heavy atom. The zero-order valence-electron chi connectivity index (χ0n) is 16.4. The van der Waals surface area contributed by atoms with E-state index in [2.05, 4.69) is 38.2 Å². The van der Waals surface area contributed by atoms with E-state index in [0.29, 0.717) is 31.3 Å². The molecule has 0 aromatic carbocycles. The summed E-state index contributed by atoms with van der Waals surface area (Å²) < 4.78 is 18.0. The number of fused-ring (bicyclic) bond motifs is 2. The summed E-state index contributed by atoms with van der Waals surface area (Å²) >= 11 is 0. The molecule has 0 saturated heterocycles. The maximum atomic E-state index is 6.01. The smallest absolute Gasteiger partial charge is 0.374 e. The molecular formula is C20H38O3Si. The number of hydrogen-bond acceptors (Lipinski definition) is 3. The highest BCUT2D eigenvalue weighted by atomic mass is 28.4. The molecule has 0 aromatic rings. The highest BCUT2D eigenvalue weighted by molar-refractivity contribution is 6.62. The van der Waals surface area contributed by atoms with Crippen molar-refractivity contribution >= 4 is 8.80 Å². The summed E-state index contributed by atoms with van der Waals surface area (Å²) in [5, 5.41) is 0. The fourth-order valence-electron chi connectivity index (χ4n) is 3.73. The zero-order chi connectivity index (χ0) is 17.8. The molecule has 0 spiro atoms. The summed E-state index contributed by atoms with van der Waals surface area (Å²) in [7, 11) is -2.47. The van der Waals surface area contributed by atoms with Gasteiger partial charge >= 0.3 is 8.80 Å². The standard InChI is InChI=1S/C13H24O3Si.C7H14/c1-4-14-17(15-5-2,16-6-3)13-10-11-7-8-12(13)9-11;1-3-5-7-6-4-2/h7-8,11-13H,4-6,9-10H2,1-3H3;3,5H,4,6-7H2,1-2H3. The molecule has 2 aliphatic rings. The van der Waals surface area contributed by atoms with Crippen molar-refractivity contribution in [3.63, 3.8) is 0 Å². The average molecular weight is 355 g/mol. The summed E-state index contributed by atoms with van der Waals surface area (Å²) in [5.74, 6) is 1.36. The van der Waals surface area contributed by atoms with E-state index >= 15 is 0 Å². The van der Waals surface area contributed by atoms with Crippen LogP contribution in [0.3, 0.4) is 0 Å². The Balaban J connectivity index is 0.000000351. The molecule has 2 bridgehead atoms. The molecule has 3 unspecified atom stereocenters. The Morgan fingerprint density at radius 1 is 0.958 bits per heavy atom. The van der Waals surface area contributed by atoms with Crippen LogP contribution in [0.5, 0.6) is 0 Å². The lowest BCUT2D eigenvalue weighted by molar-refractivity contribution is 0.0578. The van der Waals surface area contributed by atoms with E-state index in [1.165, 1.54) is 32.1 Å². The fourth-order valence-corrected chi connectivity index (χ4v) is 7.19. The Kier molecular flexibility index (Phi) is 10.8. The lowest BCUT2D eigenvalue weighted by Crippen LogP contribution is -2.51. The van der Waals surface area contributed by atoms with Crippen molar-refractivity contribution < 1.29 is 13.3 Å². The number of hydrogen-bond donors (Lipinski definition) is 0. The highest BCUT2D eigenvalue weighted by Gasteiger charge is 2.56. The molecule has 1 fully saturated rings.